The summed E-state index contributed by atoms with van der Waals surface area (Å²) in [5.74, 6) is 0. The van der Waals surface area contributed by atoms with E-state index < -0.39 is 29.4 Å². The Bertz CT molecular complexity index is 588. The van der Waals surface area contributed by atoms with E-state index in [0.717, 1.165) is 10.6 Å². The van der Waals surface area contributed by atoms with Gasteiger partial charge in [-0.15, -0.1) is 6.58 Å². The van der Waals surface area contributed by atoms with Gasteiger partial charge in [0.05, 0.1) is 19.8 Å². The second-order valence-electron chi connectivity index (χ2n) is 8.50. The second kappa shape index (κ2) is 9.93. The lowest BCUT2D eigenvalue weighted by Gasteiger charge is -2.39. The molecular formula is C20H34N2O6. The molecule has 8 nitrogen and oxygen atoms in total. The molecule has 1 unspecified atom stereocenters. The molecule has 1 rings (SSSR count). The maximum Gasteiger partial charge on any atom is 0.435 e. The van der Waals surface area contributed by atoms with Crippen LogP contribution in [0.4, 0.5) is 9.59 Å². The van der Waals surface area contributed by atoms with Crippen molar-refractivity contribution >= 4 is 12.2 Å². The van der Waals surface area contributed by atoms with E-state index in [1.54, 1.807) is 48.7 Å². The van der Waals surface area contributed by atoms with Crippen LogP contribution in [-0.2, 0) is 19.0 Å². The predicted molar refractivity (Wildman–Crippen MR) is 106 cm³/mol. The molecular weight excluding hydrogens is 364 g/mol. The standard InChI is InChI=1S/C20H34N2O6/c1-9-12-26-22(18(24)28-20(5,6)7)16-13-21(11-10-15(16)14-25-8)17(23)27-19(2,3)4/h9-10,16H,1,11-14H2,2-8H3. The highest BCUT2D eigenvalue weighted by molar-refractivity contribution is 5.70. The Labute approximate surface area is 168 Å². The SMILES string of the molecule is C=CCON(C(=O)OC(C)(C)C)C1CN(C(=O)OC(C)(C)C)CC=C1COC. The molecule has 0 saturated heterocycles. The van der Waals surface area contributed by atoms with Gasteiger partial charge in [-0.1, -0.05) is 12.2 Å². The molecule has 1 aliphatic heterocycles. The Morgan fingerprint density at radius 3 is 2.32 bits per heavy atom. The van der Waals surface area contributed by atoms with Crippen LogP contribution >= 0.6 is 0 Å². The lowest BCUT2D eigenvalue weighted by Crippen LogP contribution is -2.54. The summed E-state index contributed by atoms with van der Waals surface area (Å²) in [7, 11) is 1.57. The molecule has 28 heavy (non-hydrogen) atoms. The summed E-state index contributed by atoms with van der Waals surface area (Å²) in [6, 6.07) is -0.573. The molecule has 8 heteroatoms. The first-order valence-electron chi connectivity index (χ1n) is 9.29. The number of amides is 2. The van der Waals surface area contributed by atoms with Crippen molar-refractivity contribution in [2.75, 3.05) is 33.4 Å². The zero-order chi connectivity index (χ0) is 21.5. The zero-order valence-corrected chi connectivity index (χ0v) is 18.1. The van der Waals surface area contributed by atoms with Crippen LogP contribution in [0.5, 0.6) is 0 Å². The first-order chi connectivity index (χ1) is 12.9. The van der Waals surface area contributed by atoms with Crippen LogP contribution in [0.2, 0.25) is 0 Å². The third-order valence-electron chi connectivity index (χ3n) is 3.55. The number of hydrogen-bond acceptors (Lipinski definition) is 6. The van der Waals surface area contributed by atoms with Gasteiger partial charge in [-0.25, -0.2) is 9.59 Å². The summed E-state index contributed by atoms with van der Waals surface area (Å²) in [5.41, 5.74) is -0.498. The molecule has 1 aliphatic rings. The van der Waals surface area contributed by atoms with Gasteiger partial charge in [0, 0.05) is 13.7 Å². The maximum atomic E-state index is 12.8. The van der Waals surface area contributed by atoms with Gasteiger partial charge >= 0.3 is 12.2 Å². The van der Waals surface area contributed by atoms with Crippen molar-refractivity contribution in [2.24, 2.45) is 0 Å². The van der Waals surface area contributed by atoms with Gasteiger partial charge in [0.15, 0.2) is 0 Å². The molecule has 0 spiro atoms. The Morgan fingerprint density at radius 2 is 1.82 bits per heavy atom. The van der Waals surface area contributed by atoms with Crippen molar-refractivity contribution in [2.45, 2.75) is 58.8 Å². The molecule has 0 aromatic heterocycles. The van der Waals surface area contributed by atoms with E-state index in [9.17, 15) is 9.59 Å². The lowest BCUT2D eigenvalue weighted by atomic mass is 10.0. The average Bonchev–Trinajstić information content (AvgIpc) is 2.53. The van der Waals surface area contributed by atoms with E-state index in [1.807, 2.05) is 6.08 Å². The molecule has 0 N–H and O–H groups in total. The number of nitrogens with zero attached hydrogens (tertiary/aromatic N) is 2. The Balaban J connectivity index is 3.12. The van der Waals surface area contributed by atoms with Crippen molar-refractivity contribution in [1.82, 2.24) is 9.96 Å². The minimum atomic E-state index is -0.697. The molecule has 0 aromatic rings. The van der Waals surface area contributed by atoms with E-state index in [1.165, 1.54) is 11.0 Å². The fraction of sp³-hybridized carbons (Fsp3) is 0.700. The molecule has 1 atom stereocenters. The van der Waals surface area contributed by atoms with E-state index in [4.69, 9.17) is 19.0 Å². The van der Waals surface area contributed by atoms with Crippen molar-refractivity contribution in [3.05, 3.63) is 24.3 Å². The van der Waals surface area contributed by atoms with E-state index in [-0.39, 0.29) is 13.2 Å². The fourth-order valence-corrected chi connectivity index (χ4v) is 2.50. The molecule has 0 aromatic carbocycles. The summed E-state index contributed by atoms with van der Waals surface area (Å²) in [6.07, 6.45) is 2.27. The molecule has 0 radical (unpaired) electrons. The normalized spacial score (nSPS) is 17.6. The smallest absolute Gasteiger partial charge is 0.435 e. The Hall–Kier alpha value is -2.06. The number of hydroxylamine groups is 2. The van der Waals surface area contributed by atoms with Crippen LogP contribution < -0.4 is 0 Å². The number of carbonyl (C=O) groups is 2. The maximum absolute atomic E-state index is 12.8. The first-order valence-corrected chi connectivity index (χ1v) is 9.29. The highest BCUT2D eigenvalue weighted by Gasteiger charge is 2.37. The van der Waals surface area contributed by atoms with E-state index in [2.05, 4.69) is 6.58 Å². The van der Waals surface area contributed by atoms with Crippen molar-refractivity contribution < 1.29 is 28.6 Å². The summed E-state index contributed by atoms with van der Waals surface area (Å²) >= 11 is 0. The number of ether oxygens (including phenoxy) is 3. The Morgan fingerprint density at radius 1 is 1.21 bits per heavy atom. The predicted octanol–water partition coefficient (Wildman–Crippen LogP) is 3.53. The molecule has 0 bridgehead atoms. The van der Waals surface area contributed by atoms with Crippen LogP contribution in [0.25, 0.3) is 0 Å². The third-order valence-corrected chi connectivity index (χ3v) is 3.55. The van der Waals surface area contributed by atoms with Crippen LogP contribution in [0.15, 0.2) is 24.3 Å². The first kappa shape index (κ1) is 24.0. The van der Waals surface area contributed by atoms with Crippen LogP contribution in [0.1, 0.15) is 41.5 Å². The summed E-state index contributed by atoms with van der Waals surface area (Å²) in [6.45, 7) is 15.3. The quantitative estimate of drug-likeness (QED) is 0.503. The number of methoxy groups -OCH3 is 1. The minimum Gasteiger partial charge on any atom is -0.444 e. The van der Waals surface area contributed by atoms with Crippen molar-refractivity contribution in [1.29, 1.82) is 0 Å². The monoisotopic (exact) mass is 398 g/mol. The van der Waals surface area contributed by atoms with E-state index in [0.29, 0.717) is 13.2 Å². The molecule has 1 heterocycles. The summed E-state index contributed by atoms with van der Waals surface area (Å²) in [5, 5.41) is 1.15. The largest absolute Gasteiger partial charge is 0.444 e. The third kappa shape index (κ3) is 7.90. The van der Waals surface area contributed by atoms with Gasteiger partial charge in [0.1, 0.15) is 17.2 Å². The van der Waals surface area contributed by atoms with Gasteiger partial charge in [0.2, 0.25) is 0 Å². The van der Waals surface area contributed by atoms with Gasteiger partial charge in [-0.05, 0) is 47.1 Å². The van der Waals surface area contributed by atoms with E-state index >= 15 is 0 Å². The van der Waals surface area contributed by atoms with Gasteiger partial charge in [-0.3, -0.25) is 4.84 Å². The number of rotatable bonds is 6. The fourth-order valence-electron chi connectivity index (χ4n) is 2.50. The zero-order valence-electron chi connectivity index (χ0n) is 18.1. The van der Waals surface area contributed by atoms with Gasteiger partial charge < -0.3 is 19.1 Å². The molecule has 2 amide bonds. The highest BCUT2D eigenvalue weighted by Crippen LogP contribution is 2.23. The topological polar surface area (TPSA) is 77.5 Å². The van der Waals surface area contributed by atoms with Crippen molar-refractivity contribution in [3.8, 4) is 0 Å². The minimum absolute atomic E-state index is 0.114. The van der Waals surface area contributed by atoms with Crippen LogP contribution in [0.3, 0.4) is 0 Å². The van der Waals surface area contributed by atoms with Crippen LogP contribution in [-0.4, -0.2) is 72.8 Å². The second-order valence-corrected chi connectivity index (χ2v) is 8.50. The van der Waals surface area contributed by atoms with Gasteiger partial charge in [0.25, 0.3) is 0 Å². The molecule has 0 saturated carbocycles. The highest BCUT2D eigenvalue weighted by atomic mass is 16.7. The molecule has 0 fully saturated rings. The number of hydrogen-bond donors (Lipinski definition) is 0. The number of carbonyl (C=O) groups excluding carboxylic acids is 2. The summed E-state index contributed by atoms with van der Waals surface area (Å²) in [4.78, 5) is 32.4. The van der Waals surface area contributed by atoms with Crippen LogP contribution in [0, 0.1) is 0 Å². The average molecular weight is 399 g/mol. The van der Waals surface area contributed by atoms with Crippen molar-refractivity contribution in [3.63, 3.8) is 0 Å². The Kier molecular flexibility index (Phi) is 8.50. The van der Waals surface area contributed by atoms with Gasteiger partial charge in [-0.2, -0.15) is 5.06 Å². The molecule has 0 aliphatic carbocycles. The molecule has 160 valence electrons. The lowest BCUT2D eigenvalue weighted by molar-refractivity contribution is -0.159. The summed E-state index contributed by atoms with van der Waals surface area (Å²) < 4.78 is 16.2.